The minimum absolute atomic E-state index is 0.279. The zero-order valence-electron chi connectivity index (χ0n) is 9.25. The summed E-state index contributed by atoms with van der Waals surface area (Å²) in [4.78, 5) is 15.2. The first kappa shape index (κ1) is 12.3. The highest BCUT2D eigenvalue weighted by Gasteiger charge is 2.14. The highest BCUT2D eigenvalue weighted by molar-refractivity contribution is 9.10. The van der Waals surface area contributed by atoms with Crippen LogP contribution in [0.2, 0.25) is 0 Å². The van der Waals surface area contributed by atoms with Gasteiger partial charge >= 0.3 is 0 Å². The number of Topliss-reactive ketones (excluding diaryl/α,β-unsaturated/α-hetero) is 1. The Balaban J connectivity index is 1.73. The molecule has 0 atom stereocenters. The number of nitrogens with zero attached hydrogens (tertiary/aromatic N) is 1. The molecule has 1 aromatic rings. The predicted molar refractivity (Wildman–Crippen MR) is 71.3 cm³/mol. The van der Waals surface area contributed by atoms with Gasteiger partial charge in [-0.15, -0.1) is 11.3 Å². The fourth-order valence-corrected chi connectivity index (χ4v) is 3.64. The molecule has 0 aliphatic carbocycles. The van der Waals surface area contributed by atoms with Crippen molar-refractivity contribution < 1.29 is 4.79 Å². The molecule has 1 aliphatic heterocycles. The second-order valence-electron chi connectivity index (χ2n) is 4.17. The van der Waals surface area contributed by atoms with E-state index >= 15 is 0 Å². The highest BCUT2D eigenvalue weighted by atomic mass is 79.9. The van der Waals surface area contributed by atoms with E-state index < -0.39 is 0 Å². The zero-order valence-corrected chi connectivity index (χ0v) is 11.6. The summed E-state index contributed by atoms with van der Waals surface area (Å²) in [6.07, 6.45) is 4.31. The maximum Gasteiger partial charge on any atom is 0.173 e. The molecule has 2 heterocycles. The Morgan fingerprint density at radius 2 is 2.19 bits per heavy atom. The lowest BCUT2D eigenvalue weighted by atomic mass is 10.2. The molecule has 1 aromatic heterocycles. The van der Waals surface area contributed by atoms with Gasteiger partial charge < -0.3 is 4.90 Å². The van der Waals surface area contributed by atoms with Gasteiger partial charge in [0.25, 0.3) is 0 Å². The largest absolute Gasteiger partial charge is 0.303 e. The van der Waals surface area contributed by atoms with Crippen LogP contribution in [-0.2, 0) is 0 Å². The normalized spacial score (nSPS) is 16.8. The van der Waals surface area contributed by atoms with Crippen molar-refractivity contribution in [1.29, 1.82) is 0 Å². The average Bonchev–Trinajstić information content (AvgIpc) is 2.88. The summed E-state index contributed by atoms with van der Waals surface area (Å²) >= 11 is 4.93. The molecule has 0 spiro atoms. The molecule has 2 rings (SSSR count). The molecule has 4 heteroatoms. The molecule has 0 radical (unpaired) electrons. The molecular weight excluding hydrogens is 286 g/mol. The van der Waals surface area contributed by atoms with Crippen LogP contribution in [0.15, 0.2) is 15.9 Å². The van der Waals surface area contributed by atoms with Gasteiger partial charge in [0.15, 0.2) is 5.78 Å². The van der Waals surface area contributed by atoms with Gasteiger partial charge in [-0.25, -0.2) is 0 Å². The Morgan fingerprint density at radius 1 is 1.44 bits per heavy atom. The van der Waals surface area contributed by atoms with Crippen LogP contribution >= 0.6 is 27.3 Å². The summed E-state index contributed by atoms with van der Waals surface area (Å²) in [6, 6.07) is 1.94. The van der Waals surface area contributed by atoms with E-state index in [1.165, 1.54) is 37.3 Å². The number of ketones is 1. The van der Waals surface area contributed by atoms with Crippen molar-refractivity contribution in [2.24, 2.45) is 0 Å². The first-order chi connectivity index (χ1) is 7.77. The Kier molecular flexibility index (Phi) is 4.55. The first-order valence-corrected chi connectivity index (χ1v) is 7.43. The van der Waals surface area contributed by atoms with E-state index in [9.17, 15) is 4.79 Å². The number of carbonyl (C=O) groups excluding carboxylic acids is 1. The maximum absolute atomic E-state index is 11.9. The van der Waals surface area contributed by atoms with Crippen LogP contribution in [0.25, 0.3) is 0 Å². The first-order valence-electron chi connectivity index (χ1n) is 5.76. The van der Waals surface area contributed by atoms with Crippen molar-refractivity contribution in [2.45, 2.75) is 25.7 Å². The highest BCUT2D eigenvalue weighted by Crippen LogP contribution is 2.24. The number of halogens is 1. The zero-order chi connectivity index (χ0) is 11.4. The summed E-state index contributed by atoms with van der Waals surface area (Å²) in [5.41, 5.74) is 0. The molecule has 0 bridgehead atoms. The van der Waals surface area contributed by atoms with Gasteiger partial charge in [0.2, 0.25) is 0 Å². The van der Waals surface area contributed by atoms with Crippen LogP contribution in [0.1, 0.15) is 35.4 Å². The third-order valence-corrected chi connectivity index (χ3v) is 4.83. The van der Waals surface area contributed by atoms with E-state index in [-0.39, 0.29) is 5.78 Å². The smallest absolute Gasteiger partial charge is 0.173 e. The molecule has 2 nitrogen and oxygen atoms in total. The molecule has 1 saturated heterocycles. The van der Waals surface area contributed by atoms with Crippen LogP contribution in [0.3, 0.4) is 0 Å². The van der Waals surface area contributed by atoms with Crippen molar-refractivity contribution in [3.63, 3.8) is 0 Å². The molecule has 88 valence electrons. The molecule has 0 amide bonds. The number of carbonyl (C=O) groups is 1. The molecule has 16 heavy (non-hydrogen) atoms. The minimum Gasteiger partial charge on any atom is -0.303 e. The van der Waals surface area contributed by atoms with Crippen LogP contribution < -0.4 is 0 Å². The number of thiophene rings is 1. The number of likely N-dealkylation sites (tertiary alicyclic amines) is 1. The summed E-state index contributed by atoms with van der Waals surface area (Å²) in [7, 11) is 0. The number of rotatable bonds is 5. The van der Waals surface area contributed by atoms with Crippen molar-refractivity contribution in [3.8, 4) is 0 Å². The van der Waals surface area contributed by atoms with Crippen molar-refractivity contribution in [2.75, 3.05) is 19.6 Å². The topological polar surface area (TPSA) is 20.3 Å². The fraction of sp³-hybridized carbons (Fsp3) is 0.583. The standard InChI is InChI=1S/C12H16BrNOS/c13-10-5-9-16-12(10)11(15)4-3-8-14-6-1-2-7-14/h5,9H,1-4,6-8H2. The monoisotopic (exact) mass is 301 g/mol. The van der Waals surface area contributed by atoms with Crippen LogP contribution in [0.4, 0.5) is 0 Å². The SMILES string of the molecule is O=C(CCCN1CCCC1)c1sccc1Br. The molecular formula is C12H16BrNOS. The lowest BCUT2D eigenvalue weighted by molar-refractivity contribution is 0.0979. The predicted octanol–water partition coefficient (Wildman–Crippen LogP) is 3.57. The Hall–Kier alpha value is -0.190. The lowest BCUT2D eigenvalue weighted by Gasteiger charge is -2.13. The Labute approximate surface area is 109 Å². The number of hydrogen-bond donors (Lipinski definition) is 0. The van der Waals surface area contributed by atoms with Crippen LogP contribution in [0.5, 0.6) is 0 Å². The molecule has 1 aliphatic rings. The quantitative estimate of drug-likeness (QED) is 0.775. The van der Waals surface area contributed by atoms with E-state index in [0.29, 0.717) is 6.42 Å². The lowest BCUT2D eigenvalue weighted by Crippen LogP contribution is -2.20. The molecule has 0 aromatic carbocycles. The van der Waals surface area contributed by atoms with Crippen molar-refractivity contribution in [1.82, 2.24) is 4.90 Å². The van der Waals surface area contributed by atoms with Gasteiger partial charge in [0, 0.05) is 10.9 Å². The van der Waals surface area contributed by atoms with Gasteiger partial charge in [-0.1, -0.05) is 0 Å². The van der Waals surface area contributed by atoms with Gasteiger partial charge in [-0.3, -0.25) is 4.79 Å². The summed E-state index contributed by atoms with van der Waals surface area (Å²) < 4.78 is 0.948. The van der Waals surface area contributed by atoms with E-state index in [1.807, 2.05) is 11.4 Å². The Morgan fingerprint density at radius 3 is 2.81 bits per heavy atom. The third kappa shape index (κ3) is 3.15. The van der Waals surface area contributed by atoms with Crippen LogP contribution in [0, 0.1) is 0 Å². The van der Waals surface area contributed by atoms with Crippen LogP contribution in [-0.4, -0.2) is 30.3 Å². The molecule has 0 N–H and O–H groups in total. The molecule has 0 saturated carbocycles. The summed E-state index contributed by atoms with van der Waals surface area (Å²) in [6.45, 7) is 3.52. The second-order valence-corrected chi connectivity index (χ2v) is 5.94. The van der Waals surface area contributed by atoms with E-state index in [0.717, 1.165) is 22.3 Å². The van der Waals surface area contributed by atoms with E-state index in [4.69, 9.17) is 0 Å². The minimum atomic E-state index is 0.279. The van der Waals surface area contributed by atoms with Gasteiger partial charge in [-0.05, 0) is 66.3 Å². The fourth-order valence-electron chi connectivity index (χ4n) is 2.08. The van der Waals surface area contributed by atoms with Gasteiger partial charge in [0.1, 0.15) is 0 Å². The summed E-state index contributed by atoms with van der Waals surface area (Å²) in [5, 5.41) is 1.96. The van der Waals surface area contributed by atoms with Crippen molar-refractivity contribution in [3.05, 3.63) is 20.8 Å². The van der Waals surface area contributed by atoms with Gasteiger partial charge in [-0.2, -0.15) is 0 Å². The van der Waals surface area contributed by atoms with E-state index in [2.05, 4.69) is 20.8 Å². The maximum atomic E-state index is 11.9. The Bertz CT molecular complexity index is 358. The number of hydrogen-bond acceptors (Lipinski definition) is 3. The molecule has 1 fully saturated rings. The second kappa shape index (κ2) is 5.94. The molecule has 0 unspecified atom stereocenters. The van der Waals surface area contributed by atoms with Gasteiger partial charge in [0.05, 0.1) is 4.88 Å². The summed E-state index contributed by atoms with van der Waals surface area (Å²) in [5.74, 6) is 0.279. The third-order valence-electron chi connectivity index (χ3n) is 2.95. The average molecular weight is 302 g/mol. The van der Waals surface area contributed by atoms with E-state index in [1.54, 1.807) is 0 Å². The van der Waals surface area contributed by atoms with Crippen molar-refractivity contribution >= 4 is 33.0 Å².